The zero-order valence-corrected chi connectivity index (χ0v) is 12.1. The maximum atomic E-state index is 4.61. The van der Waals surface area contributed by atoms with E-state index >= 15 is 0 Å². The van der Waals surface area contributed by atoms with Crippen molar-refractivity contribution in [1.82, 2.24) is 20.2 Å². The standard InChI is InChI=1S/C14H22N6/c1-3-6-15-14-18-12(11-8-16-20-13(11)19-14)17-10-5-4-9(2)7-10/h8-10H,3-7H2,1-2H3,(H3,15,16,17,18,19,20). The molecule has 1 fully saturated rings. The Hall–Kier alpha value is -1.85. The third-order valence-electron chi connectivity index (χ3n) is 3.88. The van der Waals surface area contributed by atoms with Crippen LogP contribution in [0.25, 0.3) is 11.0 Å². The first kappa shape index (κ1) is 13.1. The van der Waals surface area contributed by atoms with Gasteiger partial charge in [-0.05, 0) is 31.6 Å². The predicted octanol–water partition coefficient (Wildman–Crippen LogP) is 2.78. The second kappa shape index (κ2) is 5.64. The number of anilines is 2. The van der Waals surface area contributed by atoms with Crippen LogP contribution in [0.5, 0.6) is 0 Å². The van der Waals surface area contributed by atoms with Crippen LogP contribution < -0.4 is 10.6 Å². The maximum Gasteiger partial charge on any atom is 0.226 e. The molecule has 0 aromatic carbocycles. The number of hydrogen-bond donors (Lipinski definition) is 3. The summed E-state index contributed by atoms with van der Waals surface area (Å²) >= 11 is 0. The van der Waals surface area contributed by atoms with Gasteiger partial charge in [0.25, 0.3) is 0 Å². The van der Waals surface area contributed by atoms with Gasteiger partial charge in [0, 0.05) is 12.6 Å². The molecule has 3 rings (SSSR count). The molecule has 20 heavy (non-hydrogen) atoms. The van der Waals surface area contributed by atoms with Gasteiger partial charge in [-0.25, -0.2) is 0 Å². The van der Waals surface area contributed by atoms with Crippen molar-refractivity contribution in [2.45, 2.75) is 45.6 Å². The summed E-state index contributed by atoms with van der Waals surface area (Å²) in [5.74, 6) is 2.35. The Kier molecular flexibility index (Phi) is 3.71. The molecule has 0 aliphatic heterocycles. The van der Waals surface area contributed by atoms with E-state index in [2.05, 4.69) is 44.6 Å². The number of aromatic amines is 1. The minimum absolute atomic E-state index is 0.511. The molecular formula is C14H22N6. The van der Waals surface area contributed by atoms with Gasteiger partial charge in [-0.2, -0.15) is 15.1 Å². The summed E-state index contributed by atoms with van der Waals surface area (Å²) in [4.78, 5) is 9.05. The third kappa shape index (κ3) is 2.69. The Balaban J connectivity index is 1.85. The second-order valence-corrected chi connectivity index (χ2v) is 5.71. The lowest BCUT2D eigenvalue weighted by Gasteiger charge is -2.14. The van der Waals surface area contributed by atoms with E-state index in [0.29, 0.717) is 12.0 Å². The highest BCUT2D eigenvalue weighted by molar-refractivity contribution is 5.87. The van der Waals surface area contributed by atoms with E-state index in [9.17, 15) is 0 Å². The molecule has 2 heterocycles. The minimum Gasteiger partial charge on any atom is -0.367 e. The Morgan fingerprint density at radius 2 is 2.25 bits per heavy atom. The summed E-state index contributed by atoms with van der Waals surface area (Å²) in [6.07, 6.45) is 6.55. The zero-order valence-electron chi connectivity index (χ0n) is 12.1. The summed E-state index contributed by atoms with van der Waals surface area (Å²) in [7, 11) is 0. The van der Waals surface area contributed by atoms with Crippen LogP contribution in [0.4, 0.5) is 11.8 Å². The van der Waals surface area contributed by atoms with Crippen molar-refractivity contribution in [3.8, 4) is 0 Å². The van der Waals surface area contributed by atoms with Gasteiger partial charge in [-0.15, -0.1) is 0 Å². The van der Waals surface area contributed by atoms with Gasteiger partial charge in [0.15, 0.2) is 5.65 Å². The van der Waals surface area contributed by atoms with Crippen molar-refractivity contribution in [2.24, 2.45) is 5.92 Å². The van der Waals surface area contributed by atoms with E-state index in [1.165, 1.54) is 19.3 Å². The molecule has 0 radical (unpaired) electrons. The quantitative estimate of drug-likeness (QED) is 0.781. The topological polar surface area (TPSA) is 78.5 Å². The highest BCUT2D eigenvalue weighted by Crippen LogP contribution is 2.29. The van der Waals surface area contributed by atoms with Crippen LogP contribution in [-0.2, 0) is 0 Å². The molecule has 1 aliphatic rings. The van der Waals surface area contributed by atoms with Gasteiger partial charge in [0.2, 0.25) is 5.95 Å². The number of H-pyrrole nitrogens is 1. The van der Waals surface area contributed by atoms with Crippen molar-refractivity contribution < 1.29 is 0 Å². The summed E-state index contributed by atoms with van der Waals surface area (Å²) in [6.45, 7) is 5.31. The molecule has 2 atom stereocenters. The summed E-state index contributed by atoms with van der Waals surface area (Å²) in [5, 5.41) is 14.8. The molecule has 2 aromatic rings. The normalized spacial score (nSPS) is 22.3. The largest absolute Gasteiger partial charge is 0.367 e. The summed E-state index contributed by atoms with van der Waals surface area (Å²) in [6, 6.07) is 0.511. The van der Waals surface area contributed by atoms with Crippen LogP contribution in [0.3, 0.4) is 0 Å². The van der Waals surface area contributed by atoms with Gasteiger partial charge in [0.05, 0.1) is 11.6 Å². The molecule has 0 spiro atoms. The molecule has 6 heteroatoms. The lowest BCUT2D eigenvalue weighted by molar-refractivity contribution is 0.602. The van der Waals surface area contributed by atoms with E-state index < -0.39 is 0 Å². The van der Waals surface area contributed by atoms with Gasteiger partial charge < -0.3 is 10.6 Å². The SMILES string of the molecule is CCCNc1nc(NC2CCC(C)C2)c2cn[nH]c2n1. The first-order valence-corrected chi connectivity index (χ1v) is 7.47. The monoisotopic (exact) mass is 274 g/mol. The first-order valence-electron chi connectivity index (χ1n) is 7.47. The average molecular weight is 274 g/mol. The summed E-state index contributed by atoms with van der Waals surface area (Å²) in [5.41, 5.74) is 0.784. The molecule has 2 unspecified atom stereocenters. The smallest absolute Gasteiger partial charge is 0.226 e. The lowest BCUT2D eigenvalue weighted by atomic mass is 10.1. The number of aromatic nitrogens is 4. The Morgan fingerprint density at radius 1 is 1.35 bits per heavy atom. The Bertz CT molecular complexity index is 578. The number of nitrogens with one attached hydrogen (secondary N) is 3. The molecule has 0 bridgehead atoms. The van der Waals surface area contributed by atoms with Crippen molar-refractivity contribution in [2.75, 3.05) is 17.2 Å². The molecule has 2 aromatic heterocycles. The lowest BCUT2D eigenvalue weighted by Crippen LogP contribution is -2.17. The van der Waals surface area contributed by atoms with E-state index in [-0.39, 0.29) is 0 Å². The number of hydrogen-bond acceptors (Lipinski definition) is 5. The Labute approximate surface area is 118 Å². The molecule has 1 saturated carbocycles. The zero-order chi connectivity index (χ0) is 13.9. The van der Waals surface area contributed by atoms with Crippen molar-refractivity contribution >= 4 is 22.8 Å². The predicted molar refractivity (Wildman–Crippen MR) is 80.9 cm³/mol. The third-order valence-corrected chi connectivity index (χ3v) is 3.88. The van der Waals surface area contributed by atoms with E-state index in [0.717, 1.165) is 35.7 Å². The molecule has 0 saturated heterocycles. The van der Waals surface area contributed by atoms with Crippen LogP contribution >= 0.6 is 0 Å². The fourth-order valence-corrected chi connectivity index (χ4v) is 2.79. The number of rotatable bonds is 5. The highest BCUT2D eigenvalue weighted by atomic mass is 15.2. The highest BCUT2D eigenvalue weighted by Gasteiger charge is 2.22. The van der Waals surface area contributed by atoms with Crippen molar-refractivity contribution in [3.05, 3.63) is 6.20 Å². The molecule has 108 valence electrons. The number of nitrogens with zero attached hydrogens (tertiary/aromatic N) is 3. The van der Waals surface area contributed by atoms with E-state index in [1.54, 1.807) is 6.20 Å². The molecule has 1 aliphatic carbocycles. The van der Waals surface area contributed by atoms with Gasteiger partial charge in [0.1, 0.15) is 5.82 Å². The van der Waals surface area contributed by atoms with Gasteiger partial charge >= 0.3 is 0 Å². The molecule has 3 N–H and O–H groups in total. The van der Waals surface area contributed by atoms with Gasteiger partial charge in [-0.3, -0.25) is 5.10 Å². The van der Waals surface area contributed by atoms with E-state index in [1.807, 2.05) is 0 Å². The fourth-order valence-electron chi connectivity index (χ4n) is 2.79. The number of fused-ring (bicyclic) bond motifs is 1. The van der Waals surface area contributed by atoms with Crippen LogP contribution in [0.15, 0.2) is 6.20 Å². The maximum absolute atomic E-state index is 4.61. The molecule has 0 amide bonds. The van der Waals surface area contributed by atoms with Crippen LogP contribution in [0.2, 0.25) is 0 Å². The molecular weight excluding hydrogens is 252 g/mol. The van der Waals surface area contributed by atoms with Crippen molar-refractivity contribution in [3.63, 3.8) is 0 Å². The fraction of sp³-hybridized carbons (Fsp3) is 0.643. The second-order valence-electron chi connectivity index (χ2n) is 5.71. The average Bonchev–Trinajstić information content (AvgIpc) is 3.05. The van der Waals surface area contributed by atoms with Crippen LogP contribution in [0, 0.1) is 5.92 Å². The van der Waals surface area contributed by atoms with Crippen LogP contribution in [0.1, 0.15) is 39.5 Å². The minimum atomic E-state index is 0.511. The first-order chi connectivity index (χ1) is 9.76. The molecule has 6 nitrogen and oxygen atoms in total. The van der Waals surface area contributed by atoms with Gasteiger partial charge in [-0.1, -0.05) is 13.8 Å². The summed E-state index contributed by atoms with van der Waals surface area (Å²) < 4.78 is 0. The van der Waals surface area contributed by atoms with Crippen molar-refractivity contribution in [1.29, 1.82) is 0 Å². The van der Waals surface area contributed by atoms with Crippen LogP contribution in [-0.4, -0.2) is 32.8 Å². The Morgan fingerprint density at radius 3 is 3.00 bits per heavy atom. The van der Waals surface area contributed by atoms with E-state index in [4.69, 9.17) is 0 Å².